The number of nitrogens with one attached hydrogen (secondary N) is 2. The maximum atomic E-state index is 11.4. The van der Waals surface area contributed by atoms with E-state index in [-0.39, 0.29) is 12.1 Å². The fourth-order valence-corrected chi connectivity index (χ4v) is 3.80. The molecule has 3 atom stereocenters. The lowest BCUT2D eigenvalue weighted by atomic mass is 10.1. The molecule has 0 aromatic heterocycles. The molecule has 0 radical (unpaired) electrons. The minimum Gasteiger partial charge on any atom is -0.338 e. The number of hydrogen-bond donors (Lipinski definition) is 2. The van der Waals surface area contributed by atoms with E-state index in [0.717, 1.165) is 17.4 Å². The highest BCUT2D eigenvalue weighted by Crippen LogP contribution is 2.25. The molecule has 1 heterocycles. The molecular weight excluding hydrogens is 310 g/mol. The Balaban J connectivity index is 2.29. The van der Waals surface area contributed by atoms with Crippen molar-refractivity contribution in [3.63, 3.8) is 0 Å². The number of nitrogens with zero attached hydrogens (tertiary/aromatic N) is 1. The first-order valence-corrected chi connectivity index (χ1v) is 10.3. The fraction of sp³-hybridized carbons (Fsp3) is 0.762. The zero-order valence-corrected chi connectivity index (χ0v) is 16.9. The monoisotopic (exact) mass is 350 g/mol. The Labute approximate surface area is 155 Å². The van der Waals surface area contributed by atoms with Gasteiger partial charge in [0.25, 0.3) is 0 Å². The van der Waals surface area contributed by atoms with E-state index in [2.05, 4.69) is 56.0 Å². The summed E-state index contributed by atoms with van der Waals surface area (Å²) >= 11 is 0. The lowest BCUT2D eigenvalue weighted by Crippen LogP contribution is -2.62. The van der Waals surface area contributed by atoms with Crippen LogP contribution in [0.3, 0.4) is 0 Å². The standard InChI is InChI=1S/C21H39N3O/c1-5-7-8-9-10-11-12-13-14-15-16-21-22-17-18-24(21,6-2)19(3)23-20(4)25/h11-12,17-19,21-22H,5-10,13-16H2,1-4H3/p+1/b12-11+. The molecule has 0 saturated heterocycles. The first kappa shape index (κ1) is 21.8. The van der Waals surface area contributed by atoms with Crippen molar-refractivity contribution >= 4 is 5.91 Å². The molecule has 1 amide bonds. The molecule has 0 bridgehead atoms. The lowest BCUT2D eigenvalue weighted by molar-refractivity contribution is -0.923. The second-order valence-corrected chi connectivity index (χ2v) is 7.29. The Morgan fingerprint density at radius 3 is 2.44 bits per heavy atom. The van der Waals surface area contributed by atoms with Gasteiger partial charge in [0.05, 0.1) is 12.7 Å². The average molecular weight is 351 g/mol. The molecule has 0 aliphatic carbocycles. The summed E-state index contributed by atoms with van der Waals surface area (Å²) < 4.78 is 0.798. The first-order valence-electron chi connectivity index (χ1n) is 10.3. The third-order valence-corrected chi connectivity index (χ3v) is 5.39. The van der Waals surface area contributed by atoms with Crippen molar-refractivity contribution in [2.75, 3.05) is 6.54 Å². The van der Waals surface area contributed by atoms with Gasteiger partial charge in [-0.2, -0.15) is 0 Å². The van der Waals surface area contributed by atoms with Crippen molar-refractivity contribution in [3.05, 3.63) is 24.6 Å². The largest absolute Gasteiger partial charge is 0.338 e. The van der Waals surface area contributed by atoms with Crippen molar-refractivity contribution in [2.45, 2.75) is 97.8 Å². The van der Waals surface area contributed by atoms with Crippen molar-refractivity contribution in [1.29, 1.82) is 0 Å². The van der Waals surface area contributed by atoms with Gasteiger partial charge in [-0.25, -0.2) is 0 Å². The topological polar surface area (TPSA) is 41.1 Å². The van der Waals surface area contributed by atoms with Crippen molar-refractivity contribution < 1.29 is 9.28 Å². The maximum absolute atomic E-state index is 11.4. The minimum atomic E-state index is 0.0431. The molecule has 1 rings (SSSR count). The van der Waals surface area contributed by atoms with Gasteiger partial charge in [-0.1, -0.05) is 38.3 Å². The SMILES string of the molecule is CCCCCC/C=C/CCCCC1NC=C[N+]1(CC)C(C)NC(C)=O. The first-order chi connectivity index (χ1) is 12.1. The van der Waals surface area contributed by atoms with Crippen LogP contribution in [0.5, 0.6) is 0 Å². The van der Waals surface area contributed by atoms with E-state index < -0.39 is 0 Å². The van der Waals surface area contributed by atoms with Gasteiger partial charge in [-0.05, 0) is 39.0 Å². The highest BCUT2D eigenvalue weighted by molar-refractivity contribution is 5.72. The predicted octanol–water partition coefficient (Wildman–Crippen LogP) is 4.79. The van der Waals surface area contributed by atoms with Crippen LogP contribution in [0.4, 0.5) is 0 Å². The molecule has 0 aromatic rings. The summed E-state index contributed by atoms with van der Waals surface area (Å²) in [5.74, 6) is 0.0431. The van der Waals surface area contributed by atoms with E-state index in [1.165, 1.54) is 51.4 Å². The number of quaternary nitrogens is 1. The Bertz CT molecular complexity index is 433. The molecule has 0 spiro atoms. The minimum absolute atomic E-state index is 0.0431. The molecular formula is C21H40N3O+. The molecule has 144 valence electrons. The molecule has 4 heteroatoms. The molecule has 2 N–H and O–H groups in total. The van der Waals surface area contributed by atoms with Crippen molar-refractivity contribution in [1.82, 2.24) is 10.6 Å². The van der Waals surface area contributed by atoms with Crippen LogP contribution < -0.4 is 10.6 Å². The third-order valence-electron chi connectivity index (χ3n) is 5.39. The van der Waals surface area contributed by atoms with Gasteiger partial charge in [0.2, 0.25) is 5.91 Å². The molecule has 1 aliphatic rings. The van der Waals surface area contributed by atoms with Crippen LogP contribution in [0.25, 0.3) is 0 Å². The van der Waals surface area contributed by atoms with Crippen molar-refractivity contribution in [2.24, 2.45) is 0 Å². The average Bonchev–Trinajstić information content (AvgIpc) is 3.00. The van der Waals surface area contributed by atoms with Crippen molar-refractivity contribution in [3.8, 4) is 0 Å². The van der Waals surface area contributed by atoms with E-state index in [1.807, 2.05) is 0 Å². The van der Waals surface area contributed by atoms with Crippen LogP contribution >= 0.6 is 0 Å². The fourth-order valence-electron chi connectivity index (χ4n) is 3.80. The summed E-state index contributed by atoms with van der Waals surface area (Å²) in [6, 6.07) is 0. The zero-order valence-electron chi connectivity index (χ0n) is 16.9. The van der Waals surface area contributed by atoms with Crippen LogP contribution in [0.15, 0.2) is 24.6 Å². The number of carbonyl (C=O) groups is 1. The van der Waals surface area contributed by atoms with E-state index >= 15 is 0 Å². The molecule has 0 saturated carbocycles. The molecule has 3 unspecified atom stereocenters. The van der Waals surface area contributed by atoms with Crippen LogP contribution in [0, 0.1) is 0 Å². The molecule has 4 nitrogen and oxygen atoms in total. The lowest BCUT2D eigenvalue weighted by Gasteiger charge is -2.41. The summed E-state index contributed by atoms with van der Waals surface area (Å²) in [5.41, 5.74) is 0. The molecule has 1 aliphatic heterocycles. The van der Waals surface area contributed by atoms with Gasteiger partial charge in [0, 0.05) is 20.3 Å². The summed E-state index contributed by atoms with van der Waals surface area (Å²) in [4.78, 5) is 11.4. The number of amides is 1. The smallest absolute Gasteiger partial charge is 0.221 e. The molecule has 25 heavy (non-hydrogen) atoms. The van der Waals surface area contributed by atoms with Crippen LogP contribution in [-0.2, 0) is 4.79 Å². The van der Waals surface area contributed by atoms with Gasteiger partial charge in [-0.15, -0.1) is 0 Å². The zero-order chi connectivity index (χ0) is 18.5. The summed E-state index contributed by atoms with van der Waals surface area (Å²) in [7, 11) is 0. The van der Waals surface area contributed by atoms with E-state index in [1.54, 1.807) is 6.92 Å². The van der Waals surface area contributed by atoms with E-state index in [0.29, 0.717) is 6.17 Å². The highest BCUT2D eigenvalue weighted by atomic mass is 16.1. The van der Waals surface area contributed by atoms with Gasteiger partial charge in [0.1, 0.15) is 6.20 Å². The van der Waals surface area contributed by atoms with E-state index in [9.17, 15) is 4.79 Å². The van der Waals surface area contributed by atoms with Gasteiger partial charge < -0.3 is 10.6 Å². The van der Waals surface area contributed by atoms with E-state index in [4.69, 9.17) is 0 Å². The number of rotatable bonds is 13. The van der Waals surface area contributed by atoms with Crippen LogP contribution in [0.1, 0.15) is 85.5 Å². The van der Waals surface area contributed by atoms with Gasteiger partial charge in [0.15, 0.2) is 12.3 Å². The Hall–Kier alpha value is -1.29. The predicted molar refractivity (Wildman–Crippen MR) is 107 cm³/mol. The quantitative estimate of drug-likeness (QED) is 0.285. The normalized spacial score (nSPS) is 23.8. The van der Waals surface area contributed by atoms with Crippen LogP contribution in [0.2, 0.25) is 0 Å². The summed E-state index contributed by atoms with van der Waals surface area (Å²) in [5, 5.41) is 6.58. The van der Waals surface area contributed by atoms with Crippen LogP contribution in [-0.4, -0.2) is 29.3 Å². The third kappa shape index (κ3) is 7.23. The summed E-state index contributed by atoms with van der Waals surface area (Å²) in [6.45, 7) is 9.14. The Morgan fingerprint density at radius 2 is 1.84 bits per heavy atom. The maximum Gasteiger partial charge on any atom is 0.221 e. The summed E-state index contributed by atoms with van der Waals surface area (Å²) in [6.07, 6.45) is 20.8. The number of unbranched alkanes of at least 4 members (excludes halogenated alkanes) is 6. The second kappa shape index (κ2) is 12.1. The number of allylic oxidation sites excluding steroid dienone is 2. The Kier molecular flexibility index (Phi) is 10.6. The van der Waals surface area contributed by atoms with Gasteiger partial charge >= 0.3 is 0 Å². The molecule has 0 fully saturated rings. The number of hydrogen-bond acceptors (Lipinski definition) is 2. The van der Waals surface area contributed by atoms with Gasteiger partial charge in [-0.3, -0.25) is 9.28 Å². The highest BCUT2D eigenvalue weighted by Gasteiger charge is 2.41. The number of carbonyl (C=O) groups excluding carboxylic acids is 1. The Morgan fingerprint density at radius 1 is 1.16 bits per heavy atom. The second-order valence-electron chi connectivity index (χ2n) is 7.29. The molecule has 0 aromatic carbocycles.